The summed E-state index contributed by atoms with van der Waals surface area (Å²) in [6.45, 7) is 5.48. The van der Waals surface area contributed by atoms with Crippen molar-refractivity contribution >= 4 is 35.1 Å². The number of anilines is 2. The van der Waals surface area contributed by atoms with E-state index in [-0.39, 0.29) is 5.54 Å². The molecule has 0 fully saturated rings. The van der Waals surface area contributed by atoms with E-state index in [0.29, 0.717) is 5.75 Å². The van der Waals surface area contributed by atoms with Crippen LogP contribution >= 0.6 is 23.7 Å². The first kappa shape index (κ1) is 21.4. The van der Waals surface area contributed by atoms with Crippen molar-refractivity contribution in [3.05, 3.63) is 42.5 Å². The van der Waals surface area contributed by atoms with E-state index in [9.17, 15) is 5.11 Å². The molecule has 0 unspecified atom stereocenters. The number of aromatic hydroxyl groups is 1. The van der Waals surface area contributed by atoms with Crippen LogP contribution in [-0.4, -0.2) is 23.4 Å². The Labute approximate surface area is 178 Å². The van der Waals surface area contributed by atoms with Crippen molar-refractivity contribution in [1.82, 2.24) is 4.72 Å². The Balaban J connectivity index is 2.07. The molecule has 0 amide bonds. The van der Waals surface area contributed by atoms with Crippen molar-refractivity contribution in [2.45, 2.75) is 67.7 Å². The number of rotatable bonds is 8. The zero-order chi connectivity index (χ0) is 20.0. The Hall–Kier alpha value is -1.30. The van der Waals surface area contributed by atoms with Gasteiger partial charge in [-0.25, -0.2) is 0 Å². The highest BCUT2D eigenvalue weighted by atomic mass is 32.2. The largest absolute Gasteiger partial charge is 0.507 e. The molecule has 2 aromatic rings. The molecule has 1 aliphatic rings. The van der Waals surface area contributed by atoms with Gasteiger partial charge in [-0.2, -0.15) is 0 Å². The second kappa shape index (κ2) is 9.95. The lowest BCUT2D eigenvalue weighted by atomic mass is 9.87. The third-order valence-electron chi connectivity index (χ3n) is 5.48. The Kier molecular flexibility index (Phi) is 7.61. The Morgan fingerprint density at radius 3 is 2.39 bits per heavy atom. The topological polar surface area (TPSA) is 35.5 Å². The molecule has 5 heteroatoms. The molecule has 2 aromatic carbocycles. The quantitative estimate of drug-likeness (QED) is 0.358. The molecule has 0 spiro atoms. The molecule has 1 heterocycles. The first-order valence-corrected chi connectivity index (χ1v) is 12.3. The maximum atomic E-state index is 10.4. The summed E-state index contributed by atoms with van der Waals surface area (Å²) in [5.41, 5.74) is 2.45. The van der Waals surface area contributed by atoms with Gasteiger partial charge in [-0.3, -0.25) is 4.72 Å². The Bertz CT molecular complexity index is 759. The van der Waals surface area contributed by atoms with Crippen molar-refractivity contribution in [3.8, 4) is 5.75 Å². The minimum atomic E-state index is 0.0562. The molecule has 0 aromatic heterocycles. The Morgan fingerprint density at radius 1 is 1.11 bits per heavy atom. The summed E-state index contributed by atoms with van der Waals surface area (Å²) in [4.78, 5) is 4.47. The lowest BCUT2D eigenvalue weighted by Crippen LogP contribution is -2.49. The number of nitrogens with zero attached hydrogens (tertiary/aromatic N) is 1. The van der Waals surface area contributed by atoms with E-state index in [1.54, 1.807) is 23.7 Å². The molecule has 0 saturated carbocycles. The third kappa shape index (κ3) is 4.81. The van der Waals surface area contributed by atoms with Crippen LogP contribution in [0.15, 0.2) is 52.3 Å². The predicted octanol–water partition coefficient (Wildman–Crippen LogP) is 6.98. The molecular weight excluding hydrogens is 384 g/mol. The molecule has 0 saturated heterocycles. The average Bonchev–Trinajstić information content (AvgIpc) is 2.88. The van der Waals surface area contributed by atoms with Gasteiger partial charge in [0, 0.05) is 17.8 Å². The van der Waals surface area contributed by atoms with Gasteiger partial charge in [0.05, 0.1) is 15.5 Å². The van der Waals surface area contributed by atoms with E-state index >= 15 is 0 Å². The maximum absolute atomic E-state index is 10.4. The zero-order valence-corrected chi connectivity index (χ0v) is 18.8. The van der Waals surface area contributed by atoms with Gasteiger partial charge in [-0.15, -0.1) is 11.8 Å². The van der Waals surface area contributed by atoms with Crippen molar-refractivity contribution in [2.24, 2.45) is 0 Å². The fraction of sp³-hybridized carbons (Fsp3) is 0.478. The second-order valence-electron chi connectivity index (χ2n) is 7.61. The highest BCUT2D eigenvalue weighted by Crippen LogP contribution is 2.45. The van der Waals surface area contributed by atoms with Crippen molar-refractivity contribution in [3.63, 3.8) is 0 Å². The number of phenolic OH excluding ortho intramolecular Hbond substituents is 1. The maximum Gasteiger partial charge on any atom is 0.130 e. The normalized spacial score (nSPS) is 15.9. The number of fused-ring (bicyclic) bond motifs is 1. The first-order chi connectivity index (χ1) is 13.6. The molecular formula is C23H32N2OS2. The third-order valence-corrected chi connectivity index (χ3v) is 7.32. The van der Waals surface area contributed by atoms with Crippen molar-refractivity contribution in [2.75, 3.05) is 17.7 Å². The minimum Gasteiger partial charge on any atom is -0.507 e. The number of unbranched alkanes of at least 4 members (excludes halogenated alkanes) is 2. The first-order valence-electron chi connectivity index (χ1n) is 10.3. The van der Waals surface area contributed by atoms with Gasteiger partial charge < -0.3 is 10.0 Å². The second-order valence-corrected chi connectivity index (χ2v) is 9.30. The van der Waals surface area contributed by atoms with E-state index in [2.05, 4.69) is 59.9 Å². The van der Waals surface area contributed by atoms with Crippen LogP contribution in [-0.2, 0) is 0 Å². The van der Waals surface area contributed by atoms with E-state index < -0.39 is 0 Å². The Morgan fingerprint density at radius 2 is 1.79 bits per heavy atom. The molecule has 0 radical (unpaired) electrons. The number of para-hydroxylation sites is 1. The zero-order valence-electron chi connectivity index (χ0n) is 17.2. The highest BCUT2D eigenvalue weighted by molar-refractivity contribution is 7.98. The monoisotopic (exact) mass is 416 g/mol. The van der Waals surface area contributed by atoms with E-state index in [1.807, 2.05) is 12.3 Å². The van der Waals surface area contributed by atoms with Crippen LogP contribution in [0.5, 0.6) is 5.75 Å². The van der Waals surface area contributed by atoms with E-state index in [0.717, 1.165) is 29.2 Å². The summed E-state index contributed by atoms with van der Waals surface area (Å²) in [7, 11) is 0. The number of hydrogen-bond donors (Lipinski definition) is 2. The van der Waals surface area contributed by atoms with Crippen LogP contribution in [0.1, 0.15) is 52.4 Å². The molecule has 0 aliphatic carbocycles. The van der Waals surface area contributed by atoms with Crippen LogP contribution in [0.2, 0.25) is 0 Å². The van der Waals surface area contributed by atoms with Crippen molar-refractivity contribution < 1.29 is 5.11 Å². The van der Waals surface area contributed by atoms with Crippen LogP contribution in [0.4, 0.5) is 11.4 Å². The summed E-state index contributed by atoms with van der Waals surface area (Å²) < 4.78 is 3.84. The van der Waals surface area contributed by atoms with Gasteiger partial charge in [0.1, 0.15) is 5.75 Å². The fourth-order valence-electron chi connectivity index (χ4n) is 3.83. The van der Waals surface area contributed by atoms with Gasteiger partial charge in [-0.05, 0) is 55.3 Å². The summed E-state index contributed by atoms with van der Waals surface area (Å²) in [5.74, 6) is 0.364. The molecule has 0 bridgehead atoms. The molecule has 3 nitrogen and oxygen atoms in total. The van der Waals surface area contributed by atoms with Crippen LogP contribution in [0.3, 0.4) is 0 Å². The standard InChI is InChI=1S/C23H32N2OS2/c1-4-6-13-23(14-7-5-2)17-25(18-11-9-8-10-12-18)19-15-22(27-3)20(26)16-21(19)28-24-23/h8-12,15-16,24,26H,4-7,13-14,17H2,1-3H3. The van der Waals surface area contributed by atoms with Crippen LogP contribution in [0.25, 0.3) is 0 Å². The molecule has 3 rings (SSSR count). The average molecular weight is 417 g/mol. The van der Waals surface area contributed by atoms with Gasteiger partial charge >= 0.3 is 0 Å². The lowest BCUT2D eigenvalue weighted by Gasteiger charge is -2.38. The van der Waals surface area contributed by atoms with Gasteiger partial charge in [-0.1, -0.05) is 57.7 Å². The smallest absolute Gasteiger partial charge is 0.130 e. The fourth-order valence-corrected chi connectivity index (χ4v) is 5.37. The molecule has 1 aliphatic heterocycles. The SMILES string of the molecule is CCCCC1(CCCC)CN(c2ccccc2)c2cc(SC)c(O)cc2SN1. The number of benzene rings is 2. The summed E-state index contributed by atoms with van der Waals surface area (Å²) >= 11 is 3.28. The van der Waals surface area contributed by atoms with Gasteiger partial charge in [0.25, 0.3) is 0 Å². The summed E-state index contributed by atoms with van der Waals surface area (Å²) in [6, 6.07) is 14.7. The molecule has 152 valence electrons. The van der Waals surface area contributed by atoms with Gasteiger partial charge in [0.2, 0.25) is 0 Å². The van der Waals surface area contributed by atoms with Crippen molar-refractivity contribution in [1.29, 1.82) is 0 Å². The lowest BCUT2D eigenvalue weighted by molar-refractivity contribution is 0.328. The number of nitrogens with one attached hydrogen (secondary N) is 1. The number of hydrogen-bond acceptors (Lipinski definition) is 5. The van der Waals surface area contributed by atoms with Crippen LogP contribution in [0, 0.1) is 0 Å². The predicted molar refractivity (Wildman–Crippen MR) is 124 cm³/mol. The van der Waals surface area contributed by atoms with Gasteiger partial charge in [0.15, 0.2) is 0 Å². The summed E-state index contributed by atoms with van der Waals surface area (Å²) in [5, 5.41) is 10.4. The van der Waals surface area contributed by atoms with E-state index in [4.69, 9.17) is 0 Å². The number of thioether (sulfide) groups is 1. The molecule has 0 atom stereocenters. The highest BCUT2D eigenvalue weighted by Gasteiger charge is 2.36. The molecule has 28 heavy (non-hydrogen) atoms. The number of phenols is 1. The summed E-state index contributed by atoms with van der Waals surface area (Å²) in [6.07, 6.45) is 9.19. The van der Waals surface area contributed by atoms with Crippen LogP contribution < -0.4 is 9.62 Å². The van der Waals surface area contributed by atoms with E-state index in [1.165, 1.54) is 37.1 Å². The molecule has 2 N–H and O–H groups in total. The minimum absolute atomic E-state index is 0.0562.